The molecule has 0 atom stereocenters. The fourth-order valence-corrected chi connectivity index (χ4v) is 2.92. The van der Waals surface area contributed by atoms with Gasteiger partial charge < -0.3 is 21.3 Å². The number of rotatable bonds is 4. The standard InChI is InChI=1S/C13H19F3N6O2S2/c1-7(19-11(24)18-2)6-26-9-5-22(4-3-8(9)17)12(25)21-20-10(23)13(14,15)16/h1,3-6,17H2,2H3,(H,20,23)(H,21,25)(H2,18,19,24). The van der Waals surface area contributed by atoms with Gasteiger partial charge in [-0.15, -0.1) is 11.8 Å². The largest absolute Gasteiger partial charge is 0.472 e. The molecule has 1 aliphatic rings. The molecule has 0 fully saturated rings. The lowest BCUT2D eigenvalue weighted by Gasteiger charge is -2.31. The zero-order valence-corrected chi connectivity index (χ0v) is 15.5. The predicted molar refractivity (Wildman–Crippen MR) is 96.5 cm³/mol. The number of amides is 3. The van der Waals surface area contributed by atoms with Gasteiger partial charge in [0, 0.05) is 42.1 Å². The van der Waals surface area contributed by atoms with E-state index in [0.717, 1.165) is 4.91 Å². The van der Waals surface area contributed by atoms with E-state index in [9.17, 15) is 22.8 Å². The Morgan fingerprint density at radius 1 is 1.38 bits per heavy atom. The molecule has 1 heterocycles. The SMILES string of the molecule is C=C(CSC1=C(N)CCN(C(=S)NNC(=O)C(F)(F)F)C1)NC(=O)NC. The number of nitrogens with one attached hydrogen (secondary N) is 4. The maximum Gasteiger partial charge on any atom is 0.472 e. The minimum Gasteiger partial charge on any atom is -0.401 e. The van der Waals surface area contributed by atoms with Crippen LogP contribution in [0.25, 0.3) is 0 Å². The quantitative estimate of drug-likeness (QED) is 0.338. The molecule has 146 valence electrons. The van der Waals surface area contributed by atoms with E-state index in [2.05, 4.69) is 22.6 Å². The van der Waals surface area contributed by atoms with E-state index in [0.29, 0.717) is 30.1 Å². The minimum absolute atomic E-state index is 0.0597. The van der Waals surface area contributed by atoms with Crippen LogP contribution < -0.4 is 27.2 Å². The van der Waals surface area contributed by atoms with E-state index in [-0.39, 0.29) is 11.7 Å². The molecule has 0 saturated carbocycles. The monoisotopic (exact) mass is 412 g/mol. The molecule has 26 heavy (non-hydrogen) atoms. The third-order valence-corrected chi connectivity index (χ3v) is 4.70. The number of thioether (sulfide) groups is 1. The molecule has 0 aromatic rings. The molecule has 1 rings (SSSR count). The van der Waals surface area contributed by atoms with Crippen LogP contribution in [0.2, 0.25) is 0 Å². The summed E-state index contributed by atoms with van der Waals surface area (Å²) in [4.78, 5) is 24.3. The molecule has 1 aliphatic heterocycles. The fourth-order valence-electron chi connectivity index (χ4n) is 1.75. The fraction of sp³-hybridized carbons (Fsp3) is 0.462. The number of urea groups is 1. The van der Waals surface area contributed by atoms with Gasteiger partial charge in [-0.3, -0.25) is 15.6 Å². The van der Waals surface area contributed by atoms with Crippen LogP contribution in [0, 0.1) is 0 Å². The van der Waals surface area contributed by atoms with E-state index in [4.69, 9.17) is 18.0 Å². The number of hydrogen-bond acceptors (Lipinski definition) is 5. The lowest BCUT2D eigenvalue weighted by molar-refractivity contribution is -0.174. The molecule has 13 heteroatoms. The number of nitrogens with zero attached hydrogens (tertiary/aromatic N) is 1. The second-order valence-corrected chi connectivity index (χ2v) is 6.56. The molecule has 0 unspecified atom stereocenters. The number of thiocarbonyl (C=S) groups is 1. The van der Waals surface area contributed by atoms with Crippen molar-refractivity contribution in [2.75, 3.05) is 25.9 Å². The maximum atomic E-state index is 12.2. The van der Waals surface area contributed by atoms with Crippen LogP contribution in [0.5, 0.6) is 0 Å². The number of nitrogens with two attached hydrogens (primary N) is 1. The average Bonchev–Trinajstić information content (AvgIpc) is 2.57. The predicted octanol–water partition coefficient (Wildman–Crippen LogP) is 0.506. The van der Waals surface area contributed by atoms with Crippen LogP contribution in [-0.2, 0) is 4.79 Å². The summed E-state index contributed by atoms with van der Waals surface area (Å²) in [5.41, 5.74) is 10.6. The zero-order chi connectivity index (χ0) is 19.9. The highest BCUT2D eigenvalue weighted by Crippen LogP contribution is 2.26. The Morgan fingerprint density at radius 3 is 2.62 bits per heavy atom. The summed E-state index contributed by atoms with van der Waals surface area (Å²) in [5, 5.41) is 4.86. The van der Waals surface area contributed by atoms with Gasteiger partial charge in [0.05, 0.1) is 6.54 Å². The summed E-state index contributed by atoms with van der Waals surface area (Å²) < 4.78 is 36.5. The first-order valence-electron chi connectivity index (χ1n) is 7.23. The molecular formula is C13H19F3N6O2S2. The Kier molecular flexibility index (Phi) is 8.02. The third kappa shape index (κ3) is 7.00. The first-order valence-corrected chi connectivity index (χ1v) is 8.62. The highest BCUT2D eigenvalue weighted by atomic mass is 32.2. The first-order chi connectivity index (χ1) is 12.0. The van der Waals surface area contributed by atoms with Crippen molar-refractivity contribution in [1.82, 2.24) is 26.4 Å². The van der Waals surface area contributed by atoms with Crippen LogP contribution in [0.4, 0.5) is 18.0 Å². The zero-order valence-electron chi connectivity index (χ0n) is 13.8. The van der Waals surface area contributed by atoms with E-state index < -0.39 is 18.1 Å². The van der Waals surface area contributed by atoms with Gasteiger partial charge in [0.2, 0.25) is 0 Å². The van der Waals surface area contributed by atoms with Crippen LogP contribution in [-0.4, -0.2) is 54.0 Å². The van der Waals surface area contributed by atoms with E-state index >= 15 is 0 Å². The van der Waals surface area contributed by atoms with Gasteiger partial charge in [-0.25, -0.2) is 4.79 Å². The van der Waals surface area contributed by atoms with Gasteiger partial charge in [0.1, 0.15) is 0 Å². The molecule has 0 spiro atoms. The Bertz CT molecular complexity index is 623. The lowest BCUT2D eigenvalue weighted by atomic mass is 10.2. The normalized spacial score (nSPS) is 14.5. The van der Waals surface area contributed by atoms with Crippen LogP contribution in [0.1, 0.15) is 6.42 Å². The van der Waals surface area contributed by atoms with Gasteiger partial charge in [0.25, 0.3) is 0 Å². The molecule has 0 bridgehead atoms. The Morgan fingerprint density at radius 2 is 2.04 bits per heavy atom. The Labute approximate surface area is 157 Å². The van der Waals surface area contributed by atoms with Crippen molar-refractivity contribution >= 4 is 41.0 Å². The van der Waals surface area contributed by atoms with Gasteiger partial charge >= 0.3 is 18.1 Å². The third-order valence-electron chi connectivity index (χ3n) is 3.11. The number of carbonyl (C=O) groups excluding carboxylic acids is 2. The molecular weight excluding hydrogens is 393 g/mol. The minimum atomic E-state index is -5.01. The second-order valence-electron chi connectivity index (χ2n) is 5.10. The van der Waals surface area contributed by atoms with E-state index in [1.165, 1.54) is 24.2 Å². The molecule has 0 aromatic heterocycles. The molecule has 6 N–H and O–H groups in total. The number of hydrogen-bond donors (Lipinski definition) is 5. The summed E-state index contributed by atoms with van der Waals surface area (Å²) in [5.74, 6) is -1.78. The summed E-state index contributed by atoms with van der Waals surface area (Å²) in [7, 11) is 1.47. The van der Waals surface area contributed by atoms with Crippen molar-refractivity contribution in [2.24, 2.45) is 5.73 Å². The van der Waals surface area contributed by atoms with Crippen LogP contribution in [0.15, 0.2) is 22.9 Å². The van der Waals surface area contributed by atoms with Crippen LogP contribution >= 0.6 is 24.0 Å². The summed E-state index contributed by atoms with van der Waals surface area (Å²) in [6.07, 6.45) is -4.55. The van der Waals surface area contributed by atoms with E-state index in [1.807, 2.05) is 0 Å². The number of halogens is 3. The van der Waals surface area contributed by atoms with Crippen molar-refractivity contribution < 1.29 is 22.8 Å². The van der Waals surface area contributed by atoms with Crippen molar-refractivity contribution in [3.05, 3.63) is 22.9 Å². The number of carbonyl (C=O) groups is 2. The number of hydrazine groups is 1. The highest BCUT2D eigenvalue weighted by Gasteiger charge is 2.39. The Balaban J connectivity index is 2.53. The molecule has 3 amide bonds. The summed E-state index contributed by atoms with van der Waals surface area (Å²) in [6.45, 7) is 4.37. The van der Waals surface area contributed by atoms with Crippen LogP contribution in [0.3, 0.4) is 0 Å². The maximum absolute atomic E-state index is 12.2. The van der Waals surface area contributed by atoms with Crippen molar-refractivity contribution in [3.63, 3.8) is 0 Å². The Hall–Kier alpha value is -2.15. The van der Waals surface area contributed by atoms with E-state index in [1.54, 1.807) is 4.90 Å². The van der Waals surface area contributed by atoms with Crippen molar-refractivity contribution in [2.45, 2.75) is 12.6 Å². The summed E-state index contributed by atoms with van der Waals surface area (Å²) in [6, 6.07) is -0.395. The first kappa shape index (κ1) is 21.9. The van der Waals surface area contributed by atoms with Gasteiger partial charge in [-0.05, 0) is 12.2 Å². The van der Waals surface area contributed by atoms with Crippen molar-refractivity contribution in [3.8, 4) is 0 Å². The smallest absolute Gasteiger partial charge is 0.401 e. The lowest BCUT2D eigenvalue weighted by Crippen LogP contribution is -2.53. The molecule has 0 aliphatic carbocycles. The molecule has 0 saturated heterocycles. The van der Waals surface area contributed by atoms with Gasteiger partial charge in [0.15, 0.2) is 5.11 Å². The van der Waals surface area contributed by atoms with Crippen molar-refractivity contribution in [1.29, 1.82) is 0 Å². The van der Waals surface area contributed by atoms with Gasteiger partial charge in [-0.1, -0.05) is 6.58 Å². The second kappa shape index (κ2) is 9.52. The molecule has 0 aromatic carbocycles. The topological polar surface area (TPSA) is 112 Å². The highest BCUT2D eigenvalue weighted by molar-refractivity contribution is 8.03. The summed E-state index contributed by atoms with van der Waals surface area (Å²) >= 11 is 6.32. The number of alkyl halides is 3. The van der Waals surface area contributed by atoms with Gasteiger partial charge in [-0.2, -0.15) is 13.2 Å². The average molecular weight is 412 g/mol. The molecule has 0 radical (unpaired) electrons. The molecule has 8 nitrogen and oxygen atoms in total.